The Balaban J connectivity index is 2.20. The summed E-state index contributed by atoms with van der Waals surface area (Å²) in [7, 11) is 1.62. The average Bonchev–Trinajstić information content (AvgIpc) is 2.46. The quantitative estimate of drug-likeness (QED) is 0.876. The molecule has 18 heavy (non-hydrogen) atoms. The molecule has 5 heteroatoms. The zero-order valence-corrected chi connectivity index (χ0v) is 11.4. The third kappa shape index (κ3) is 2.72. The molecule has 0 bridgehead atoms. The van der Waals surface area contributed by atoms with Crippen molar-refractivity contribution in [2.24, 2.45) is 0 Å². The van der Waals surface area contributed by atoms with Gasteiger partial charge in [0.2, 0.25) is 5.88 Å². The summed E-state index contributed by atoms with van der Waals surface area (Å²) in [5, 5.41) is 3.58. The summed E-state index contributed by atoms with van der Waals surface area (Å²) in [6.07, 6.45) is 5.69. The zero-order chi connectivity index (χ0) is 13.0. The number of hydrogen-bond donors (Lipinski definition) is 1. The van der Waals surface area contributed by atoms with E-state index in [1.165, 1.54) is 0 Å². The van der Waals surface area contributed by atoms with Crippen LogP contribution in [0.2, 0.25) is 0 Å². The van der Waals surface area contributed by atoms with E-state index in [4.69, 9.17) is 4.74 Å². The van der Waals surface area contributed by atoms with Gasteiger partial charge in [-0.15, -0.1) is 0 Å². The molecule has 0 aliphatic carbocycles. The normalized spacial score (nSPS) is 24.1. The van der Waals surface area contributed by atoms with E-state index in [0.717, 1.165) is 31.7 Å². The minimum absolute atomic E-state index is 0.481. The van der Waals surface area contributed by atoms with E-state index in [9.17, 15) is 0 Å². The Morgan fingerprint density at radius 2 is 2.22 bits per heavy atom. The van der Waals surface area contributed by atoms with Gasteiger partial charge in [0.05, 0.1) is 19.5 Å². The van der Waals surface area contributed by atoms with E-state index in [1.54, 1.807) is 13.3 Å². The monoisotopic (exact) mass is 250 g/mol. The third-order valence-corrected chi connectivity index (χ3v) is 3.57. The molecular weight excluding hydrogens is 228 g/mol. The van der Waals surface area contributed by atoms with Crippen molar-refractivity contribution in [3.63, 3.8) is 0 Å². The molecule has 0 aromatic carbocycles. The van der Waals surface area contributed by atoms with Gasteiger partial charge in [0.1, 0.15) is 0 Å². The van der Waals surface area contributed by atoms with Crippen molar-refractivity contribution in [1.29, 1.82) is 0 Å². The molecule has 0 radical (unpaired) electrons. The van der Waals surface area contributed by atoms with Crippen LogP contribution in [0, 0.1) is 0 Å². The van der Waals surface area contributed by atoms with Gasteiger partial charge in [0.25, 0.3) is 0 Å². The highest BCUT2D eigenvalue weighted by Gasteiger charge is 2.27. The molecule has 1 aromatic rings. The smallest absolute Gasteiger partial charge is 0.233 e. The fraction of sp³-hybridized carbons (Fsp3) is 0.692. The van der Waals surface area contributed by atoms with Crippen LogP contribution in [0.1, 0.15) is 26.7 Å². The van der Waals surface area contributed by atoms with E-state index < -0.39 is 0 Å². The number of piperazine rings is 1. The molecular formula is C13H22N4O. The Kier molecular flexibility index (Phi) is 4.36. The molecule has 1 fully saturated rings. The molecule has 0 amide bonds. The van der Waals surface area contributed by atoms with Crippen LogP contribution >= 0.6 is 0 Å². The third-order valence-electron chi connectivity index (χ3n) is 3.57. The van der Waals surface area contributed by atoms with Gasteiger partial charge in [-0.05, 0) is 12.8 Å². The van der Waals surface area contributed by atoms with E-state index in [2.05, 4.69) is 34.0 Å². The second kappa shape index (κ2) is 6.00. The number of aromatic nitrogens is 2. The summed E-state index contributed by atoms with van der Waals surface area (Å²) in [5.41, 5.74) is 0. The minimum Gasteiger partial charge on any atom is -0.480 e. The van der Waals surface area contributed by atoms with Crippen molar-refractivity contribution >= 4 is 5.82 Å². The highest BCUT2D eigenvalue weighted by Crippen LogP contribution is 2.21. The lowest BCUT2D eigenvalue weighted by molar-refractivity contribution is 0.370. The van der Waals surface area contributed by atoms with Crippen molar-refractivity contribution in [2.45, 2.75) is 38.8 Å². The van der Waals surface area contributed by atoms with E-state index in [-0.39, 0.29) is 0 Å². The summed E-state index contributed by atoms with van der Waals surface area (Å²) in [6.45, 7) is 6.41. The Morgan fingerprint density at radius 3 is 2.89 bits per heavy atom. The van der Waals surface area contributed by atoms with Gasteiger partial charge in [-0.25, -0.2) is 0 Å². The number of rotatable bonds is 4. The topological polar surface area (TPSA) is 50.3 Å². The van der Waals surface area contributed by atoms with Crippen LogP contribution in [-0.2, 0) is 0 Å². The van der Waals surface area contributed by atoms with Gasteiger partial charge in [-0.3, -0.25) is 4.98 Å². The standard InChI is InChI=1S/C13H22N4O/c1-4-10-9-17(11(5-2)6-15-10)12-7-14-8-13(16-12)18-3/h7-8,10-11,15H,4-6,9H2,1-3H3. The fourth-order valence-corrected chi connectivity index (χ4v) is 2.36. The number of nitrogens with zero attached hydrogens (tertiary/aromatic N) is 3. The van der Waals surface area contributed by atoms with Crippen molar-refractivity contribution in [3.8, 4) is 5.88 Å². The van der Waals surface area contributed by atoms with Crippen molar-refractivity contribution in [1.82, 2.24) is 15.3 Å². The molecule has 1 aromatic heterocycles. The van der Waals surface area contributed by atoms with Gasteiger partial charge in [-0.2, -0.15) is 4.98 Å². The molecule has 100 valence electrons. The number of anilines is 1. The van der Waals surface area contributed by atoms with Crippen LogP contribution in [0.5, 0.6) is 5.88 Å². The lowest BCUT2D eigenvalue weighted by Crippen LogP contribution is -2.56. The lowest BCUT2D eigenvalue weighted by Gasteiger charge is -2.40. The first-order valence-electron chi connectivity index (χ1n) is 6.64. The Morgan fingerprint density at radius 1 is 1.39 bits per heavy atom. The molecule has 5 nitrogen and oxygen atoms in total. The molecule has 2 rings (SSSR count). The SMILES string of the molecule is CCC1CN(c2cncc(OC)n2)C(CC)CN1. The van der Waals surface area contributed by atoms with Crippen molar-refractivity contribution in [3.05, 3.63) is 12.4 Å². The first kappa shape index (κ1) is 13.1. The molecule has 1 aliphatic rings. The maximum absolute atomic E-state index is 5.15. The van der Waals surface area contributed by atoms with Crippen molar-refractivity contribution < 1.29 is 4.74 Å². The molecule has 1 aliphatic heterocycles. The van der Waals surface area contributed by atoms with Gasteiger partial charge in [0.15, 0.2) is 5.82 Å². The van der Waals surface area contributed by atoms with E-state index in [0.29, 0.717) is 18.0 Å². The summed E-state index contributed by atoms with van der Waals surface area (Å²) >= 11 is 0. The second-order valence-electron chi connectivity index (χ2n) is 4.65. The first-order chi connectivity index (χ1) is 8.78. The largest absolute Gasteiger partial charge is 0.480 e. The highest BCUT2D eigenvalue weighted by atomic mass is 16.5. The number of ether oxygens (including phenoxy) is 1. The molecule has 1 N–H and O–H groups in total. The summed E-state index contributed by atoms with van der Waals surface area (Å²) in [4.78, 5) is 11.0. The van der Waals surface area contributed by atoms with E-state index in [1.807, 2.05) is 6.20 Å². The Bertz CT molecular complexity index is 385. The summed E-state index contributed by atoms with van der Waals surface area (Å²) in [6, 6.07) is 1.01. The minimum atomic E-state index is 0.481. The fourth-order valence-electron chi connectivity index (χ4n) is 2.36. The van der Waals surface area contributed by atoms with Gasteiger partial charge in [-0.1, -0.05) is 13.8 Å². The maximum atomic E-state index is 5.15. The average molecular weight is 250 g/mol. The van der Waals surface area contributed by atoms with Crippen LogP contribution in [0.15, 0.2) is 12.4 Å². The van der Waals surface area contributed by atoms with Gasteiger partial charge < -0.3 is 15.0 Å². The predicted octanol–water partition coefficient (Wildman–Crippen LogP) is 1.45. The predicted molar refractivity (Wildman–Crippen MR) is 72.1 cm³/mol. The summed E-state index contributed by atoms with van der Waals surface area (Å²) in [5.74, 6) is 1.50. The molecule has 0 spiro atoms. The second-order valence-corrected chi connectivity index (χ2v) is 4.65. The maximum Gasteiger partial charge on any atom is 0.233 e. The first-order valence-corrected chi connectivity index (χ1v) is 6.64. The Labute approximate surface area is 109 Å². The molecule has 1 saturated heterocycles. The summed E-state index contributed by atoms with van der Waals surface area (Å²) < 4.78 is 5.15. The van der Waals surface area contributed by atoms with Crippen LogP contribution in [-0.4, -0.2) is 42.3 Å². The van der Waals surface area contributed by atoms with Crippen LogP contribution < -0.4 is 15.0 Å². The lowest BCUT2D eigenvalue weighted by atomic mass is 10.1. The molecule has 2 atom stereocenters. The highest BCUT2D eigenvalue weighted by molar-refractivity contribution is 5.40. The van der Waals surface area contributed by atoms with Gasteiger partial charge >= 0.3 is 0 Å². The van der Waals surface area contributed by atoms with Crippen LogP contribution in [0.4, 0.5) is 5.82 Å². The Hall–Kier alpha value is -1.36. The van der Waals surface area contributed by atoms with Crippen LogP contribution in [0.3, 0.4) is 0 Å². The molecule has 2 unspecified atom stereocenters. The zero-order valence-electron chi connectivity index (χ0n) is 11.4. The number of methoxy groups -OCH3 is 1. The van der Waals surface area contributed by atoms with Crippen LogP contribution in [0.25, 0.3) is 0 Å². The number of nitrogens with one attached hydrogen (secondary N) is 1. The van der Waals surface area contributed by atoms with Crippen molar-refractivity contribution in [2.75, 3.05) is 25.1 Å². The van der Waals surface area contributed by atoms with Gasteiger partial charge in [0, 0.05) is 25.2 Å². The molecule has 0 saturated carbocycles. The van der Waals surface area contributed by atoms with E-state index >= 15 is 0 Å². The molecule has 2 heterocycles. The number of hydrogen-bond acceptors (Lipinski definition) is 5.